The standard InChI is InChI=1S/C19H24N6O2/c1-3-25-18(22-23(2)19(25)27)13-7-6-10-24(12-13)17(26)11-16-20-14-8-4-5-9-15(14)21-16/h4-5,8-9,13H,3,6-7,10-12H2,1-2H3,(H,20,21). The first-order valence-electron chi connectivity index (χ1n) is 9.42. The Morgan fingerprint density at radius 3 is 2.93 bits per heavy atom. The van der Waals surface area contributed by atoms with E-state index < -0.39 is 0 Å². The number of nitrogens with zero attached hydrogens (tertiary/aromatic N) is 5. The van der Waals surface area contributed by atoms with Gasteiger partial charge in [-0.25, -0.2) is 14.5 Å². The number of aryl methyl sites for hydroxylation is 1. The molecule has 1 N–H and O–H groups in total. The van der Waals surface area contributed by atoms with Gasteiger partial charge in [-0.1, -0.05) is 12.1 Å². The summed E-state index contributed by atoms with van der Waals surface area (Å²) in [6, 6.07) is 7.77. The largest absolute Gasteiger partial charge is 0.345 e. The first-order chi connectivity index (χ1) is 13.1. The zero-order chi connectivity index (χ0) is 19.0. The minimum Gasteiger partial charge on any atom is -0.342 e. The van der Waals surface area contributed by atoms with Gasteiger partial charge in [0.05, 0.1) is 17.5 Å². The summed E-state index contributed by atoms with van der Waals surface area (Å²) in [5.74, 6) is 1.62. The fourth-order valence-corrected chi connectivity index (χ4v) is 3.88. The lowest BCUT2D eigenvalue weighted by molar-refractivity contribution is -0.131. The van der Waals surface area contributed by atoms with Crippen molar-refractivity contribution in [3.05, 3.63) is 46.4 Å². The molecule has 0 spiro atoms. The third kappa shape index (κ3) is 3.27. The number of imidazole rings is 1. The summed E-state index contributed by atoms with van der Waals surface area (Å²) in [7, 11) is 1.67. The highest BCUT2D eigenvalue weighted by molar-refractivity contribution is 5.80. The number of piperidine rings is 1. The number of likely N-dealkylation sites (tertiary alicyclic amines) is 1. The lowest BCUT2D eigenvalue weighted by Crippen LogP contribution is -2.41. The molecule has 0 bridgehead atoms. The van der Waals surface area contributed by atoms with Crippen molar-refractivity contribution < 1.29 is 4.79 Å². The van der Waals surface area contributed by atoms with E-state index in [4.69, 9.17) is 0 Å². The Labute approximate surface area is 156 Å². The number of fused-ring (bicyclic) bond motifs is 1. The SMILES string of the molecule is CCn1c(C2CCCN(C(=O)Cc3nc4ccccc4[nH]3)C2)nn(C)c1=O. The Kier molecular flexibility index (Phi) is 4.55. The minimum absolute atomic E-state index is 0.0556. The molecule has 2 aromatic heterocycles. The normalized spacial score (nSPS) is 17.6. The molecule has 3 aromatic rings. The lowest BCUT2D eigenvalue weighted by Gasteiger charge is -2.32. The Morgan fingerprint density at radius 2 is 2.15 bits per heavy atom. The van der Waals surface area contributed by atoms with Crippen molar-refractivity contribution in [3.63, 3.8) is 0 Å². The quantitative estimate of drug-likeness (QED) is 0.754. The van der Waals surface area contributed by atoms with Crippen LogP contribution in [0.15, 0.2) is 29.1 Å². The van der Waals surface area contributed by atoms with E-state index in [-0.39, 0.29) is 23.9 Å². The van der Waals surface area contributed by atoms with Gasteiger partial charge in [0.15, 0.2) is 0 Å². The molecule has 1 aromatic carbocycles. The summed E-state index contributed by atoms with van der Waals surface area (Å²) in [4.78, 5) is 34.6. The van der Waals surface area contributed by atoms with Gasteiger partial charge in [-0.3, -0.25) is 9.36 Å². The number of amides is 1. The average molecular weight is 368 g/mol. The van der Waals surface area contributed by atoms with Crippen LogP contribution in [-0.4, -0.2) is 48.2 Å². The molecule has 1 amide bonds. The van der Waals surface area contributed by atoms with Crippen LogP contribution in [-0.2, 0) is 24.8 Å². The monoisotopic (exact) mass is 368 g/mol. The lowest BCUT2D eigenvalue weighted by atomic mass is 9.97. The molecule has 1 atom stereocenters. The number of aromatic amines is 1. The fraction of sp³-hybridized carbons (Fsp3) is 0.474. The topological polar surface area (TPSA) is 88.8 Å². The number of aromatic nitrogens is 5. The van der Waals surface area contributed by atoms with Crippen molar-refractivity contribution in [2.24, 2.45) is 7.05 Å². The number of benzene rings is 1. The zero-order valence-electron chi connectivity index (χ0n) is 15.7. The van der Waals surface area contributed by atoms with Gasteiger partial charge in [0, 0.05) is 32.6 Å². The van der Waals surface area contributed by atoms with Crippen LogP contribution >= 0.6 is 0 Å². The molecule has 1 fully saturated rings. The molecule has 0 saturated carbocycles. The number of hydrogen-bond acceptors (Lipinski definition) is 4. The van der Waals surface area contributed by atoms with Crippen LogP contribution in [0.1, 0.15) is 37.3 Å². The maximum absolute atomic E-state index is 12.8. The van der Waals surface area contributed by atoms with Crippen LogP contribution in [0, 0.1) is 0 Å². The fourth-order valence-electron chi connectivity index (χ4n) is 3.88. The van der Waals surface area contributed by atoms with Crippen molar-refractivity contribution in [1.82, 2.24) is 29.2 Å². The second-order valence-electron chi connectivity index (χ2n) is 7.06. The van der Waals surface area contributed by atoms with Gasteiger partial charge in [-0.05, 0) is 31.9 Å². The van der Waals surface area contributed by atoms with Crippen molar-refractivity contribution in [1.29, 1.82) is 0 Å². The molecule has 8 nitrogen and oxygen atoms in total. The van der Waals surface area contributed by atoms with Crippen LogP contribution in [0.3, 0.4) is 0 Å². The third-order valence-electron chi connectivity index (χ3n) is 5.25. The highest BCUT2D eigenvalue weighted by Gasteiger charge is 2.29. The summed E-state index contributed by atoms with van der Waals surface area (Å²) in [5, 5.41) is 4.42. The van der Waals surface area contributed by atoms with E-state index in [9.17, 15) is 9.59 Å². The first-order valence-corrected chi connectivity index (χ1v) is 9.42. The molecule has 1 saturated heterocycles. The molecule has 1 aliphatic heterocycles. The predicted molar refractivity (Wildman–Crippen MR) is 101 cm³/mol. The number of rotatable bonds is 4. The van der Waals surface area contributed by atoms with Gasteiger partial charge in [-0.15, -0.1) is 0 Å². The van der Waals surface area contributed by atoms with E-state index in [0.717, 1.165) is 36.2 Å². The third-order valence-corrected chi connectivity index (χ3v) is 5.25. The Morgan fingerprint density at radius 1 is 1.33 bits per heavy atom. The molecule has 1 aliphatic rings. The van der Waals surface area contributed by atoms with Gasteiger partial charge in [-0.2, -0.15) is 5.10 Å². The molecule has 8 heteroatoms. The number of H-pyrrole nitrogens is 1. The summed E-state index contributed by atoms with van der Waals surface area (Å²) in [6.07, 6.45) is 2.10. The van der Waals surface area contributed by atoms with Crippen molar-refractivity contribution in [3.8, 4) is 0 Å². The van der Waals surface area contributed by atoms with E-state index in [1.807, 2.05) is 36.1 Å². The highest BCUT2D eigenvalue weighted by Crippen LogP contribution is 2.25. The second-order valence-corrected chi connectivity index (χ2v) is 7.06. The summed E-state index contributed by atoms with van der Waals surface area (Å²) in [6.45, 7) is 3.86. The molecule has 4 rings (SSSR count). The number of nitrogens with one attached hydrogen (secondary N) is 1. The predicted octanol–water partition coefficient (Wildman–Crippen LogP) is 1.43. The maximum Gasteiger partial charge on any atom is 0.345 e. The van der Waals surface area contributed by atoms with Gasteiger partial charge >= 0.3 is 5.69 Å². The number of hydrogen-bond donors (Lipinski definition) is 1. The van der Waals surface area contributed by atoms with Crippen LogP contribution in [0.25, 0.3) is 11.0 Å². The number of para-hydroxylation sites is 2. The van der Waals surface area contributed by atoms with Crippen molar-refractivity contribution >= 4 is 16.9 Å². The van der Waals surface area contributed by atoms with Gasteiger partial charge in [0.1, 0.15) is 11.6 Å². The van der Waals surface area contributed by atoms with E-state index in [1.165, 1.54) is 4.68 Å². The zero-order valence-corrected chi connectivity index (χ0v) is 15.7. The summed E-state index contributed by atoms with van der Waals surface area (Å²) in [5.41, 5.74) is 1.72. The van der Waals surface area contributed by atoms with Crippen LogP contribution in [0.2, 0.25) is 0 Å². The molecular weight excluding hydrogens is 344 g/mol. The van der Waals surface area contributed by atoms with E-state index >= 15 is 0 Å². The summed E-state index contributed by atoms with van der Waals surface area (Å²) >= 11 is 0. The highest BCUT2D eigenvalue weighted by atomic mass is 16.2. The molecule has 3 heterocycles. The van der Waals surface area contributed by atoms with Gasteiger partial charge in [0.2, 0.25) is 5.91 Å². The van der Waals surface area contributed by atoms with Gasteiger partial charge in [0.25, 0.3) is 0 Å². The van der Waals surface area contributed by atoms with E-state index in [0.29, 0.717) is 18.9 Å². The first kappa shape index (κ1) is 17.5. The number of carbonyl (C=O) groups excluding carboxylic acids is 1. The Bertz CT molecular complexity index is 997. The Hall–Kier alpha value is -2.90. The molecular formula is C19H24N6O2. The molecule has 0 radical (unpaired) electrons. The smallest absolute Gasteiger partial charge is 0.342 e. The van der Waals surface area contributed by atoms with Crippen LogP contribution in [0.5, 0.6) is 0 Å². The van der Waals surface area contributed by atoms with E-state index in [1.54, 1.807) is 11.6 Å². The molecule has 0 aliphatic carbocycles. The number of carbonyl (C=O) groups is 1. The van der Waals surface area contributed by atoms with Crippen LogP contribution < -0.4 is 5.69 Å². The molecule has 1 unspecified atom stereocenters. The Balaban J connectivity index is 1.50. The van der Waals surface area contributed by atoms with Crippen molar-refractivity contribution in [2.45, 2.75) is 38.6 Å². The average Bonchev–Trinajstić information content (AvgIpc) is 3.22. The summed E-state index contributed by atoms with van der Waals surface area (Å²) < 4.78 is 3.09. The van der Waals surface area contributed by atoms with Crippen LogP contribution in [0.4, 0.5) is 0 Å². The van der Waals surface area contributed by atoms with Crippen molar-refractivity contribution in [2.75, 3.05) is 13.1 Å². The molecule has 142 valence electrons. The van der Waals surface area contributed by atoms with E-state index in [2.05, 4.69) is 15.1 Å². The van der Waals surface area contributed by atoms with Gasteiger partial charge < -0.3 is 9.88 Å². The molecule has 27 heavy (non-hydrogen) atoms. The maximum atomic E-state index is 12.8. The minimum atomic E-state index is -0.0989. The second kappa shape index (κ2) is 7.02.